The van der Waals surface area contributed by atoms with Gasteiger partial charge >= 0.3 is 0 Å². The molecule has 1 aromatic rings. The molecule has 0 aliphatic carbocycles. The number of hydrogen-bond donors (Lipinski definition) is 2. The van der Waals surface area contributed by atoms with Crippen LogP contribution in [-0.2, 0) is 11.8 Å². The van der Waals surface area contributed by atoms with E-state index in [0.717, 1.165) is 36.7 Å². The smallest absolute Gasteiger partial charge is 0.199 e. The van der Waals surface area contributed by atoms with Crippen LogP contribution in [0.2, 0.25) is 0 Å². The van der Waals surface area contributed by atoms with Crippen LogP contribution in [0.25, 0.3) is 0 Å². The zero-order valence-corrected chi connectivity index (χ0v) is 13.7. The van der Waals surface area contributed by atoms with E-state index in [1.807, 2.05) is 6.92 Å². The summed E-state index contributed by atoms with van der Waals surface area (Å²) in [6.07, 6.45) is 3.60. The van der Waals surface area contributed by atoms with Crippen molar-refractivity contribution in [1.29, 1.82) is 0 Å². The summed E-state index contributed by atoms with van der Waals surface area (Å²) in [5, 5.41) is 6.85. The molecule has 4 nitrogen and oxygen atoms in total. The first kappa shape index (κ1) is 16.7. The van der Waals surface area contributed by atoms with Crippen LogP contribution >= 0.6 is 12.2 Å². The van der Waals surface area contributed by atoms with Gasteiger partial charge in [-0.1, -0.05) is 26.8 Å². The third kappa shape index (κ3) is 5.33. The number of oxazole rings is 1. The van der Waals surface area contributed by atoms with E-state index >= 15 is 0 Å². The molecule has 0 spiro atoms. The number of thiocarbonyl (C=S) groups is 1. The molecule has 1 heterocycles. The second kappa shape index (κ2) is 7.43. The fourth-order valence-electron chi connectivity index (χ4n) is 1.66. The van der Waals surface area contributed by atoms with Crippen molar-refractivity contribution in [2.24, 2.45) is 0 Å². The summed E-state index contributed by atoms with van der Waals surface area (Å²) >= 11 is 5.12. The Morgan fingerprint density at radius 1 is 1.40 bits per heavy atom. The third-order valence-electron chi connectivity index (χ3n) is 2.81. The Kier molecular flexibility index (Phi) is 6.20. The molecule has 0 amide bonds. The van der Waals surface area contributed by atoms with E-state index in [0.29, 0.717) is 11.7 Å². The van der Waals surface area contributed by atoms with Crippen molar-refractivity contribution in [3.8, 4) is 0 Å². The number of nitrogens with one attached hydrogen (secondary N) is 2. The van der Waals surface area contributed by atoms with Crippen molar-refractivity contribution in [3.63, 3.8) is 0 Å². The molecule has 0 fully saturated rings. The molecule has 0 saturated heterocycles. The van der Waals surface area contributed by atoms with Gasteiger partial charge < -0.3 is 15.1 Å². The van der Waals surface area contributed by atoms with Crippen molar-refractivity contribution >= 4 is 17.3 Å². The minimum Gasteiger partial charge on any atom is -0.445 e. The first-order valence-electron chi connectivity index (χ1n) is 6.94. The van der Waals surface area contributed by atoms with E-state index < -0.39 is 0 Å². The van der Waals surface area contributed by atoms with E-state index in [-0.39, 0.29) is 5.41 Å². The molecule has 0 unspecified atom stereocenters. The van der Waals surface area contributed by atoms with Gasteiger partial charge in [-0.3, -0.25) is 0 Å². The fourth-order valence-corrected chi connectivity index (χ4v) is 1.84. The summed E-state index contributed by atoms with van der Waals surface area (Å²) in [5.41, 5.74) is 0.944. The van der Waals surface area contributed by atoms with E-state index in [4.69, 9.17) is 16.6 Å². The van der Waals surface area contributed by atoms with Gasteiger partial charge in [0, 0.05) is 24.9 Å². The summed E-state index contributed by atoms with van der Waals surface area (Å²) in [6.45, 7) is 13.4. The summed E-state index contributed by atoms with van der Waals surface area (Å²) in [6, 6.07) is 0. The molecule has 1 aromatic heterocycles. The SMILES string of the molecule is C=CCNC(=S)NCCCc1oc(C(C)(C)C)nc1C. The molecule has 0 radical (unpaired) electrons. The molecular formula is C15H25N3OS. The first-order valence-corrected chi connectivity index (χ1v) is 7.34. The van der Waals surface area contributed by atoms with E-state index in [1.165, 1.54) is 0 Å². The van der Waals surface area contributed by atoms with E-state index in [9.17, 15) is 0 Å². The van der Waals surface area contributed by atoms with Crippen molar-refractivity contribution < 1.29 is 4.42 Å². The maximum Gasteiger partial charge on any atom is 0.199 e. The van der Waals surface area contributed by atoms with Crippen molar-refractivity contribution in [3.05, 3.63) is 30.0 Å². The zero-order chi connectivity index (χ0) is 15.2. The standard InChI is InChI=1S/C15H25N3OS/c1-6-9-16-14(20)17-10-7-8-12-11(2)18-13(19-12)15(3,4)5/h6H,1,7-10H2,2-5H3,(H2,16,17,20). The van der Waals surface area contributed by atoms with Crippen LogP contribution in [0.4, 0.5) is 0 Å². The Hall–Kier alpha value is -1.36. The Morgan fingerprint density at radius 2 is 2.10 bits per heavy atom. The molecule has 2 N–H and O–H groups in total. The lowest BCUT2D eigenvalue weighted by Gasteiger charge is -2.12. The summed E-state index contributed by atoms with van der Waals surface area (Å²) in [4.78, 5) is 4.50. The van der Waals surface area contributed by atoms with E-state index in [2.05, 4.69) is 43.0 Å². The van der Waals surface area contributed by atoms with Gasteiger partial charge in [-0.05, 0) is 25.6 Å². The zero-order valence-electron chi connectivity index (χ0n) is 12.9. The fraction of sp³-hybridized carbons (Fsp3) is 0.600. The lowest BCUT2D eigenvalue weighted by Crippen LogP contribution is -2.35. The molecule has 0 aliphatic heterocycles. The molecule has 5 heteroatoms. The second-order valence-corrected chi connectivity index (χ2v) is 6.21. The normalized spacial score (nSPS) is 11.2. The van der Waals surface area contributed by atoms with Gasteiger partial charge in [0.1, 0.15) is 5.76 Å². The van der Waals surface area contributed by atoms with Crippen molar-refractivity contribution in [2.45, 2.75) is 46.0 Å². The van der Waals surface area contributed by atoms with Crippen molar-refractivity contribution in [1.82, 2.24) is 15.6 Å². The highest BCUT2D eigenvalue weighted by Crippen LogP contribution is 2.24. The molecule has 0 aromatic carbocycles. The van der Waals surface area contributed by atoms with Crippen LogP contribution in [-0.4, -0.2) is 23.2 Å². The highest BCUT2D eigenvalue weighted by Gasteiger charge is 2.21. The maximum absolute atomic E-state index is 5.85. The van der Waals surface area contributed by atoms with Crippen LogP contribution < -0.4 is 10.6 Å². The number of nitrogens with zero attached hydrogens (tertiary/aromatic N) is 1. The molecule has 0 atom stereocenters. The average Bonchev–Trinajstić information content (AvgIpc) is 2.73. The molecule has 20 heavy (non-hydrogen) atoms. The Morgan fingerprint density at radius 3 is 2.65 bits per heavy atom. The maximum atomic E-state index is 5.85. The predicted molar refractivity (Wildman–Crippen MR) is 87.1 cm³/mol. The van der Waals surface area contributed by atoms with Gasteiger partial charge in [-0.2, -0.15) is 0 Å². The van der Waals surface area contributed by atoms with Gasteiger partial charge in [0.15, 0.2) is 11.0 Å². The van der Waals surface area contributed by atoms with Gasteiger partial charge in [0.2, 0.25) is 0 Å². The minimum atomic E-state index is -0.0442. The minimum absolute atomic E-state index is 0.0442. The van der Waals surface area contributed by atoms with E-state index in [1.54, 1.807) is 6.08 Å². The van der Waals surface area contributed by atoms with Crippen LogP contribution in [0.1, 0.15) is 44.5 Å². The van der Waals surface area contributed by atoms with Crippen LogP contribution in [0.3, 0.4) is 0 Å². The summed E-state index contributed by atoms with van der Waals surface area (Å²) < 4.78 is 5.85. The monoisotopic (exact) mass is 295 g/mol. The Bertz CT molecular complexity index is 460. The Balaban J connectivity index is 2.37. The average molecular weight is 295 g/mol. The van der Waals surface area contributed by atoms with Gasteiger partial charge in [0.25, 0.3) is 0 Å². The predicted octanol–water partition coefficient (Wildman–Crippen LogP) is 2.86. The lowest BCUT2D eigenvalue weighted by atomic mass is 9.97. The van der Waals surface area contributed by atoms with Crippen LogP contribution in [0.15, 0.2) is 17.1 Å². The number of rotatable bonds is 6. The number of aromatic nitrogens is 1. The van der Waals surface area contributed by atoms with Gasteiger partial charge in [-0.15, -0.1) is 6.58 Å². The molecule has 112 valence electrons. The van der Waals surface area contributed by atoms with Crippen LogP contribution in [0.5, 0.6) is 0 Å². The number of aryl methyl sites for hydroxylation is 2. The molecule has 0 bridgehead atoms. The van der Waals surface area contributed by atoms with Gasteiger partial charge in [0.05, 0.1) is 5.69 Å². The third-order valence-corrected chi connectivity index (χ3v) is 3.10. The first-order chi connectivity index (χ1) is 9.34. The van der Waals surface area contributed by atoms with Crippen LogP contribution in [0, 0.1) is 6.92 Å². The quantitative estimate of drug-likeness (QED) is 0.480. The van der Waals surface area contributed by atoms with Gasteiger partial charge in [-0.25, -0.2) is 4.98 Å². The summed E-state index contributed by atoms with van der Waals surface area (Å²) in [7, 11) is 0. The topological polar surface area (TPSA) is 50.1 Å². The molecular weight excluding hydrogens is 270 g/mol. The molecule has 0 aliphatic rings. The Labute approximate surface area is 127 Å². The number of hydrogen-bond acceptors (Lipinski definition) is 3. The largest absolute Gasteiger partial charge is 0.445 e. The summed E-state index contributed by atoms with van der Waals surface area (Å²) in [5.74, 6) is 1.78. The molecule has 0 saturated carbocycles. The second-order valence-electron chi connectivity index (χ2n) is 5.81. The highest BCUT2D eigenvalue weighted by molar-refractivity contribution is 7.80. The molecule has 1 rings (SSSR count). The highest BCUT2D eigenvalue weighted by atomic mass is 32.1. The lowest BCUT2D eigenvalue weighted by molar-refractivity contribution is 0.370. The van der Waals surface area contributed by atoms with Crippen molar-refractivity contribution in [2.75, 3.05) is 13.1 Å².